The van der Waals surface area contributed by atoms with Gasteiger partial charge in [-0.25, -0.2) is 4.79 Å². The van der Waals surface area contributed by atoms with Crippen LogP contribution >= 0.6 is 0 Å². The fourth-order valence-electron chi connectivity index (χ4n) is 2.48. The van der Waals surface area contributed by atoms with Crippen LogP contribution in [-0.4, -0.2) is 15.6 Å². The van der Waals surface area contributed by atoms with Crippen molar-refractivity contribution in [2.45, 2.75) is 25.7 Å². The molecule has 3 heteroatoms. The third-order valence-corrected chi connectivity index (χ3v) is 3.24. The van der Waals surface area contributed by atoms with Crippen LogP contribution in [0.25, 0.3) is 5.57 Å². The number of aryl methyl sites for hydroxylation is 1. The molecule has 0 atom stereocenters. The molecule has 2 rings (SSSR count). The molecular formula is C13H17NO2. The Labute approximate surface area is 95.4 Å². The van der Waals surface area contributed by atoms with Gasteiger partial charge in [0.15, 0.2) is 0 Å². The second kappa shape index (κ2) is 4.56. The van der Waals surface area contributed by atoms with Gasteiger partial charge in [0.2, 0.25) is 0 Å². The first-order valence-corrected chi connectivity index (χ1v) is 5.73. The Morgan fingerprint density at radius 3 is 2.69 bits per heavy atom. The highest BCUT2D eigenvalue weighted by Gasteiger charge is 2.21. The summed E-state index contributed by atoms with van der Waals surface area (Å²) < 4.78 is 1.96. The van der Waals surface area contributed by atoms with Gasteiger partial charge in [0.1, 0.15) is 0 Å². The van der Waals surface area contributed by atoms with E-state index in [9.17, 15) is 4.79 Å². The summed E-state index contributed by atoms with van der Waals surface area (Å²) >= 11 is 0. The monoisotopic (exact) mass is 219 g/mol. The van der Waals surface area contributed by atoms with Crippen molar-refractivity contribution in [3.05, 3.63) is 30.1 Å². The van der Waals surface area contributed by atoms with Crippen molar-refractivity contribution < 1.29 is 9.90 Å². The van der Waals surface area contributed by atoms with E-state index in [0.29, 0.717) is 5.92 Å². The molecule has 1 aromatic rings. The second-order valence-electron chi connectivity index (χ2n) is 4.48. The largest absolute Gasteiger partial charge is 0.478 e. The van der Waals surface area contributed by atoms with Gasteiger partial charge in [0.25, 0.3) is 0 Å². The third-order valence-electron chi connectivity index (χ3n) is 3.24. The van der Waals surface area contributed by atoms with Crippen molar-refractivity contribution >= 4 is 11.5 Å². The van der Waals surface area contributed by atoms with Crippen LogP contribution in [0.5, 0.6) is 0 Å². The van der Waals surface area contributed by atoms with Gasteiger partial charge < -0.3 is 9.67 Å². The molecule has 0 saturated heterocycles. The molecule has 86 valence electrons. The molecule has 1 fully saturated rings. The standard InChI is InChI=1S/C13H17NO2/c1-14-7-6-11(9-14)12(8-13(15)16)10-4-2-3-5-10/h6-10H,2-5H2,1H3,(H,15,16)/b12-8+. The SMILES string of the molecule is Cn1ccc(/C(=C/C(=O)O)C2CCCC2)c1. The molecule has 0 aromatic carbocycles. The van der Waals surface area contributed by atoms with Gasteiger partial charge in [0, 0.05) is 25.5 Å². The average molecular weight is 219 g/mol. The number of aromatic nitrogens is 1. The molecule has 1 saturated carbocycles. The second-order valence-corrected chi connectivity index (χ2v) is 4.48. The molecule has 1 aromatic heterocycles. The number of hydrogen-bond acceptors (Lipinski definition) is 1. The Bertz CT molecular complexity index is 411. The van der Waals surface area contributed by atoms with E-state index in [1.165, 1.54) is 18.9 Å². The van der Waals surface area contributed by atoms with Gasteiger partial charge >= 0.3 is 5.97 Å². The number of nitrogens with zero attached hydrogens (tertiary/aromatic N) is 1. The summed E-state index contributed by atoms with van der Waals surface area (Å²) in [4.78, 5) is 10.9. The van der Waals surface area contributed by atoms with Crippen molar-refractivity contribution in [2.75, 3.05) is 0 Å². The predicted octanol–water partition coefficient (Wildman–Crippen LogP) is 2.68. The number of hydrogen-bond donors (Lipinski definition) is 1. The summed E-state index contributed by atoms with van der Waals surface area (Å²) in [7, 11) is 1.95. The summed E-state index contributed by atoms with van der Waals surface area (Å²) in [5, 5.41) is 8.93. The molecule has 1 heterocycles. The van der Waals surface area contributed by atoms with Gasteiger partial charge in [-0.3, -0.25) is 0 Å². The van der Waals surface area contributed by atoms with Crippen molar-refractivity contribution in [2.24, 2.45) is 13.0 Å². The first kappa shape index (κ1) is 11.0. The summed E-state index contributed by atoms with van der Waals surface area (Å²) in [6.45, 7) is 0. The van der Waals surface area contributed by atoms with Crippen molar-refractivity contribution in [3.63, 3.8) is 0 Å². The zero-order valence-electron chi connectivity index (χ0n) is 9.52. The molecule has 0 amide bonds. The Kier molecular flexibility index (Phi) is 3.13. The molecule has 1 aliphatic rings. The van der Waals surface area contributed by atoms with Gasteiger partial charge in [0.05, 0.1) is 0 Å². The van der Waals surface area contributed by atoms with Crippen molar-refractivity contribution in [3.8, 4) is 0 Å². The molecule has 0 bridgehead atoms. The first-order valence-electron chi connectivity index (χ1n) is 5.73. The number of allylic oxidation sites excluding steroid dienone is 1. The predicted molar refractivity (Wildman–Crippen MR) is 63.0 cm³/mol. The minimum absolute atomic E-state index is 0.429. The topological polar surface area (TPSA) is 42.2 Å². The molecule has 0 radical (unpaired) electrons. The van der Waals surface area contributed by atoms with Crippen LogP contribution in [0.3, 0.4) is 0 Å². The van der Waals surface area contributed by atoms with E-state index in [0.717, 1.165) is 24.0 Å². The highest BCUT2D eigenvalue weighted by molar-refractivity contribution is 5.90. The highest BCUT2D eigenvalue weighted by Crippen LogP contribution is 2.36. The van der Waals surface area contributed by atoms with E-state index in [-0.39, 0.29) is 0 Å². The van der Waals surface area contributed by atoms with Gasteiger partial charge in [-0.05, 0) is 36.0 Å². The van der Waals surface area contributed by atoms with Crippen LogP contribution in [0.15, 0.2) is 24.5 Å². The van der Waals surface area contributed by atoms with E-state index < -0.39 is 5.97 Å². The average Bonchev–Trinajstić information content (AvgIpc) is 2.84. The Balaban J connectivity index is 2.30. The quantitative estimate of drug-likeness (QED) is 0.794. The fourth-order valence-corrected chi connectivity index (χ4v) is 2.48. The van der Waals surface area contributed by atoms with Crippen molar-refractivity contribution in [1.29, 1.82) is 0 Å². The lowest BCUT2D eigenvalue weighted by Gasteiger charge is -2.12. The summed E-state index contributed by atoms with van der Waals surface area (Å²) in [6, 6.07) is 1.99. The maximum Gasteiger partial charge on any atom is 0.328 e. The smallest absolute Gasteiger partial charge is 0.328 e. The first-order chi connectivity index (χ1) is 7.66. The lowest BCUT2D eigenvalue weighted by molar-refractivity contribution is -0.131. The van der Waals surface area contributed by atoms with Crippen LogP contribution in [0.4, 0.5) is 0 Å². The van der Waals surface area contributed by atoms with Crippen LogP contribution < -0.4 is 0 Å². The van der Waals surface area contributed by atoms with Gasteiger partial charge in [-0.15, -0.1) is 0 Å². The zero-order chi connectivity index (χ0) is 11.5. The highest BCUT2D eigenvalue weighted by atomic mass is 16.4. The molecule has 16 heavy (non-hydrogen) atoms. The van der Waals surface area contributed by atoms with E-state index in [1.54, 1.807) is 0 Å². The number of carbonyl (C=O) groups is 1. The van der Waals surface area contributed by atoms with Gasteiger partial charge in [-0.2, -0.15) is 0 Å². The maximum atomic E-state index is 10.9. The molecule has 0 unspecified atom stereocenters. The minimum atomic E-state index is -0.842. The maximum absolute atomic E-state index is 10.9. The lowest BCUT2D eigenvalue weighted by atomic mass is 9.92. The van der Waals surface area contributed by atoms with Gasteiger partial charge in [-0.1, -0.05) is 12.8 Å². The Morgan fingerprint density at radius 2 is 2.19 bits per heavy atom. The number of rotatable bonds is 3. The lowest BCUT2D eigenvalue weighted by Crippen LogP contribution is -2.01. The summed E-state index contributed by atoms with van der Waals surface area (Å²) in [6.07, 6.45) is 10.0. The fraction of sp³-hybridized carbons (Fsp3) is 0.462. The summed E-state index contributed by atoms with van der Waals surface area (Å²) in [5.74, 6) is -0.413. The number of carboxylic acids is 1. The molecule has 1 N–H and O–H groups in total. The molecular weight excluding hydrogens is 202 g/mol. The van der Waals surface area contributed by atoms with Crippen LogP contribution in [0.1, 0.15) is 31.2 Å². The molecule has 0 aliphatic heterocycles. The van der Waals surface area contributed by atoms with E-state index >= 15 is 0 Å². The Morgan fingerprint density at radius 1 is 1.50 bits per heavy atom. The molecule has 0 spiro atoms. The number of carboxylic acid groups (broad SMARTS) is 1. The normalized spacial score (nSPS) is 17.9. The van der Waals surface area contributed by atoms with E-state index in [2.05, 4.69) is 0 Å². The minimum Gasteiger partial charge on any atom is -0.478 e. The third kappa shape index (κ3) is 2.35. The zero-order valence-corrected chi connectivity index (χ0v) is 9.52. The van der Waals surface area contributed by atoms with Crippen LogP contribution in [-0.2, 0) is 11.8 Å². The molecule has 3 nitrogen and oxygen atoms in total. The van der Waals surface area contributed by atoms with Crippen LogP contribution in [0.2, 0.25) is 0 Å². The summed E-state index contributed by atoms with van der Waals surface area (Å²) in [5.41, 5.74) is 2.04. The van der Waals surface area contributed by atoms with E-state index in [4.69, 9.17) is 5.11 Å². The number of aliphatic carboxylic acids is 1. The van der Waals surface area contributed by atoms with Crippen molar-refractivity contribution in [1.82, 2.24) is 4.57 Å². The van der Waals surface area contributed by atoms with E-state index in [1.807, 2.05) is 30.1 Å². The Hall–Kier alpha value is -1.51. The van der Waals surface area contributed by atoms with Crippen LogP contribution in [0, 0.1) is 5.92 Å². The molecule has 1 aliphatic carbocycles.